The van der Waals surface area contributed by atoms with Crippen molar-refractivity contribution in [1.29, 1.82) is 0 Å². The van der Waals surface area contributed by atoms with Gasteiger partial charge in [0.2, 0.25) is 0 Å². The highest BCUT2D eigenvalue weighted by molar-refractivity contribution is 9.10. The molecule has 1 heterocycles. The van der Waals surface area contributed by atoms with E-state index in [4.69, 9.17) is 5.73 Å². The Balaban J connectivity index is 2.05. The summed E-state index contributed by atoms with van der Waals surface area (Å²) in [7, 11) is 0. The zero-order valence-electron chi connectivity index (χ0n) is 11.8. The van der Waals surface area contributed by atoms with Crippen LogP contribution in [0.3, 0.4) is 0 Å². The van der Waals surface area contributed by atoms with Gasteiger partial charge in [0, 0.05) is 22.2 Å². The van der Waals surface area contributed by atoms with Crippen LogP contribution in [0.5, 0.6) is 0 Å². The first-order chi connectivity index (χ1) is 9.58. The molecule has 1 aliphatic heterocycles. The number of hydrogen-bond donors (Lipinski definition) is 1. The Bertz CT molecular complexity index is 637. The van der Waals surface area contributed by atoms with Gasteiger partial charge in [-0.05, 0) is 65.5 Å². The van der Waals surface area contributed by atoms with Crippen molar-refractivity contribution < 1.29 is 0 Å². The van der Waals surface area contributed by atoms with E-state index in [1.807, 2.05) is 6.92 Å². The van der Waals surface area contributed by atoms with Crippen LogP contribution in [0.1, 0.15) is 31.0 Å². The molecule has 2 atom stereocenters. The number of anilines is 2. The van der Waals surface area contributed by atoms with E-state index in [0.717, 1.165) is 16.5 Å². The molecular formula is C17H19BrN2. The second-order valence-electron chi connectivity index (χ2n) is 5.55. The van der Waals surface area contributed by atoms with Crippen LogP contribution in [0.15, 0.2) is 46.9 Å². The molecule has 2 aromatic rings. The number of halogens is 1. The van der Waals surface area contributed by atoms with Gasteiger partial charge in [0.05, 0.1) is 5.69 Å². The Hall–Kier alpha value is -1.32. The van der Waals surface area contributed by atoms with Crippen molar-refractivity contribution in [3.8, 4) is 0 Å². The lowest BCUT2D eigenvalue weighted by molar-refractivity contribution is 0.756. The molecule has 0 bridgehead atoms. The molecule has 0 radical (unpaired) electrons. The van der Waals surface area contributed by atoms with E-state index in [9.17, 15) is 0 Å². The smallest absolute Gasteiger partial charge is 0.0558 e. The quantitative estimate of drug-likeness (QED) is 0.875. The number of para-hydroxylation sites is 1. The summed E-state index contributed by atoms with van der Waals surface area (Å²) in [5.41, 5.74) is 11.1. The summed E-state index contributed by atoms with van der Waals surface area (Å²) < 4.78 is 1.11. The van der Waals surface area contributed by atoms with Crippen LogP contribution in [-0.2, 0) is 6.42 Å². The molecule has 0 saturated carbocycles. The molecule has 20 heavy (non-hydrogen) atoms. The largest absolute Gasteiger partial charge is 0.337 e. The lowest BCUT2D eigenvalue weighted by atomic mass is 10.1. The standard InChI is InChI=1S/C17H19BrN2/c1-11-9-14-5-3-4-6-16(14)20(11)17-8-7-13(12(2)19)10-15(17)18/h3-8,10-12H,9,19H2,1-2H3. The molecular weight excluding hydrogens is 312 g/mol. The maximum atomic E-state index is 5.96. The van der Waals surface area contributed by atoms with Gasteiger partial charge in [-0.1, -0.05) is 24.3 Å². The second-order valence-corrected chi connectivity index (χ2v) is 6.41. The molecule has 0 aliphatic carbocycles. The van der Waals surface area contributed by atoms with Gasteiger partial charge in [0.1, 0.15) is 0 Å². The van der Waals surface area contributed by atoms with Gasteiger partial charge in [0.15, 0.2) is 0 Å². The average Bonchev–Trinajstić information content (AvgIpc) is 2.74. The van der Waals surface area contributed by atoms with E-state index in [1.54, 1.807) is 0 Å². The minimum atomic E-state index is 0.0589. The maximum absolute atomic E-state index is 5.96. The molecule has 0 spiro atoms. The van der Waals surface area contributed by atoms with Crippen molar-refractivity contribution in [1.82, 2.24) is 0 Å². The van der Waals surface area contributed by atoms with Gasteiger partial charge in [-0.15, -0.1) is 0 Å². The van der Waals surface area contributed by atoms with Gasteiger partial charge in [0.25, 0.3) is 0 Å². The SMILES string of the molecule is CC(N)c1ccc(N2c3ccccc3CC2C)c(Br)c1. The Morgan fingerprint density at radius 2 is 1.95 bits per heavy atom. The van der Waals surface area contributed by atoms with Crippen LogP contribution in [0.25, 0.3) is 0 Å². The van der Waals surface area contributed by atoms with Crippen molar-refractivity contribution in [2.75, 3.05) is 4.90 Å². The third kappa shape index (κ3) is 2.25. The normalized spacial score (nSPS) is 19.0. The molecule has 0 fully saturated rings. The third-order valence-electron chi connectivity index (χ3n) is 3.96. The fraction of sp³-hybridized carbons (Fsp3) is 0.294. The van der Waals surface area contributed by atoms with E-state index in [1.165, 1.54) is 16.9 Å². The molecule has 0 amide bonds. The highest BCUT2D eigenvalue weighted by Gasteiger charge is 2.27. The Kier molecular flexibility index (Phi) is 3.57. The van der Waals surface area contributed by atoms with Crippen LogP contribution in [0, 0.1) is 0 Å². The zero-order chi connectivity index (χ0) is 14.3. The minimum absolute atomic E-state index is 0.0589. The van der Waals surface area contributed by atoms with E-state index in [0.29, 0.717) is 6.04 Å². The predicted molar refractivity (Wildman–Crippen MR) is 88.5 cm³/mol. The number of hydrogen-bond acceptors (Lipinski definition) is 2. The van der Waals surface area contributed by atoms with Crippen LogP contribution < -0.4 is 10.6 Å². The summed E-state index contributed by atoms with van der Waals surface area (Å²) in [6.07, 6.45) is 1.09. The molecule has 3 heteroatoms. The lowest BCUT2D eigenvalue weighted by Crippen LogP contribution is -2.24. The van der Waals surface area contributed by atoms with Crippen LogP contribution in [-0.4, -0.2) is 6.04 Å². The summed E-state index contributed by atoms with van der Waals surface area (Å²) in [6.45, 7) is 4.28. The van der Waals surface area contributed by atoms with E-state index < -0.39 is 0 Å². The predicted octanol–water partition coefficient (Wildman–Crippen LogP) is 4.55. The molecule has 0 saturated heterocycles. The van der Waals surface area contributed by atoms with E-state index in [-0.39, 0.29) is 6.04 Å². The first kappa shape index (κ1) is 13.7. The van der Waals surface area contributed by atoms with Gasteiger partial charge in [-0.3, -0.25) is 0 Å². The highest BCUT2D eigenvalue weighted by atomic mass is 79.9. The first-order valence-corrected chi connectivity index (χ1v) is 7.79. The summed E-state index contributed by atoms with van der Waals surface area (Å²) >= 11 is 3.71. The monoisotopic (exact) mass is 330 g/mol. The second kappa shape index (κ2) is 5.23. The van der Waals surface area contributed by atoms with Crippen LogP contribution in [0.4, 0.5) is 11.4 Å². The molecule has 0 aromatic heterocycles. The number of benzene rings is 2. The molecule has 1 aliphatic rings. The van der Waals surface area contributed by atoms with E-state index >= 15 is 0 Å². The molecule has 2 nitrogen and oxygen atoms in total. The van der Waals surface area contributed by atoms with Crippen molar-refractivity contribution in [2.45, 2.75) is 32.4 Å². The first-order valence-electron chi connectivity index (χ1n) is 7.00. The fourth-order valence-corrected chi connectivity index (χ4v) is 3.52. The van der Waals surface area contributed by atoms with Crippen molar-refractivity contribution in [3.05, 3.63) is 58.1 Å². The van der Waals surface area contributed by atoms with Gasteiger partial charge < -0.3 is 10.6 Å². The third-order valence-corrected chi connectivity index (χ3v) is 4.60. The van der Waals surface area contributed by atoms with Crippen LogP contribution in [0.2, 0.25) is 0 Å². The molecule has 3 rings (SSSR count). The highest BCUT2D eigenvalue weighted by Crippen LogP contribution is 2.41. The summed E-state index contributed by atoms with van der Waals surface area (Å²) in [5.74, 6) is 0. The molecule has 2 aromatic carbocycles. The lowest BCUT2D eigenvalue weighted by Gasteiger charge is -2.26. The van der Waals surface area contributed by atoms with Crippen molar-refractivity contribution in [2.24, 2.45) is 5.73 Å². The summed E-state index contributed by atoms with van der Waals surface area (Å²) in [6, 6.07) is 15.6. The molecule has 2 unspecified atom stereocenters. The number of fused-ring (bicyclic) bond motifs is 1. The molecule has 2 N–H and O–H groups in total. The molecule has 104 valence electrons. The Morgan fingerprint density at radius 1 is 1.20 bits per heavy atom. The number of nitrogens with zero attached hydrogens (tertiary/aromatic N) is 1. The number of rotatable bonds is 2. The minimum Gasteiger partial charge on any atom is -0.337 e. The van der Waals surface area contributed by atoms with Gasteiger partial charge >= 0.3 is 0 Å². The summed E-state index contributed by atoms with van der Waals surface area (Å²) in [5, 5.41) is 0. The zero-order valence-corrected chi connectivity index (χ0v) is 13.4. The summed E-state index contributed by atoms with van der Waals surface area (Å²) in [4.78, 5) is 2.41. The Morgan fingerprint density at radius 3 is 2.65 bits per heavy atom. The van der Waals surface area contributed by atoms with Crippen molar-refractivity contribution >= 4 is 27.3 Å². The van der Waals surface area contributed by atoms with E-state index in [2.05, 4.69) is 70.2 Å². The van der Waals surface area contributed by atoms with Crippen molar-refractivity contribution in [3.63, 3.8) is 0 Å². The van der Waals surface area contributed by atoms with Gasteiger partial charge in [-0.2, -0.15) is 0 Å². The average molecular weight is 331 g/mol. The van der Waals surface area contributed by atoms with Crippen LogP contribution >= 0.6 is 15.9 Å². The number of nitrogens with two attached hydrogens (primary N) is 1. The fourth-order valence-electron chi connectivity index (χ4n) is 2.93. The Labute approximate surface area is 128 Å². The van der Waals surface area contributed by atoms with Gasteiger partial charge in [-0.25, -0.2) is 0 Å². The maximum Gasteiger partial charge on any atom is 0.0558 e. The topological polar surface area (TPSA) is 29.3 Å².